The molecule has 0 unspecified atom stereocenters. The number of carbonyl (C=O) groups is 1. The maximum atomic E-state index is 9.64. The van der Waals surface area contributed by atoms with Crippen molar-refractivity contribution in [3.05, 3.63) is 0 Å². The van der Waals surface area contributed by atoms with Crippen LogP contribution in [-0.2, 0) is 8.56 Å². The first kappa shape index (κ1) is 5.01. The molecular formula is C2H6GeO2. The van der Waals surface area contributed by atoms with E-state index in [0.29, 0.717) is 0 Å². The van der Waals surface area contributed by atoms with Crippen LogP contribution in [0.15, 0.2) is 0 Å². The molecule has 0 aliphatic rings. The standard InChI is InChI=1S/C2H6GeO2/c1-2(4)5-3/h1,3H3. The summed E-state index contributed by atoms with van der Waals surface area (Å²) in [6, 6.07) is 0. The zero-order valence-corrected chi connectivity index (χ0v) is 7.51. The molecule has 0 atom stereocenters. The molecule has 0 bridgehead atoms. The van der Waals surface area contributed by atoms with Gasteiger partial charge in [-0.1, -0.05) is 0 Å². The Morgan fingerprint density at radius 3 is 2.20 bits per heavy atom. The summed E-state index contributed by atoms with van der Waals surface area (Å²) in [5.74, 6) is -0.162. The predicted octanol–water partition coefficient (Wildman–Crippen LogP) is -1.17. The second-order valence-electron chi connectivity index (χ2n) is 0.696. The van der Waals surface area contributed by atoms with Crippen molar-refractivity contribution in [1.29, 1.82) is 0 Å². The molecule has 0 aliphatic carbocycles. The number of hydrogen-bond acceptors (Lipinski definition) is 2. The summed E-state index contributed by atoms with van der Waals surface area (Å²) in [5, 5.41) is 0. The van der Waals surface area contributed by atoms with Crippen LogP contribution in [0, 0.1) is 0 Å². The first-order valence-electron chi connectivity index (χ1n) is 1.32. The van der Waals surface area contributed by atoms with Crippen LogP contribution >= 0.6 is 0 Å². The normalized spacial score (nSPS) is 7.40. The molecule has 0 aromatic heterocycles. The molecule has 0 rings (SSSR count). The second-order valence-corrected chi connectivity index (χ2v) is 1.55. The molecule has 0 spiro atoms. The zero-order chi connectivity index (χ0) is 4.28. The Morgan fingerprint density at radius 1 is 2.00 bits per heavy atom. The molecule has 0 amide bonds. The number of rotatable bonds is 0. The Bertz CT molecular complexity index is 42.9. The van der Waals surface area contributed by atoms with Crippen LogP contribution in [-0.4, -0.2) is 22.8 Å². The van der Waals surface area contributed by atoms with Gasteiger partial charge in [0, 0.05) is 0 Å². The third-order valence-electron chi connectivity index (χ3n) is 0.287. The van der Waals surface area contributed by atoms with E-state index >= 15 is 0 Å². The van der Waals surface area contributed by atoms with E-state index in [4.69, 9.17) is 0 Å². The zero-order valence-electron chi connectivity index (χ0n) is 3.32. The summed E-state index contributed by atoms with van der Waals surface area (Å²) in [4.78, 5) is 9.64. The third-order valence-corrected chi connectivity index (χ3v) is 1.49. The monoisotopic (exact) mass is 136 g/mol. The molecule has 0 aromatic rings. The maximum absolute atomic E-state index is 9.64. The molecule has 0 saturated heterocycles. The van der Waals surface area contributed by atoms with Crippen molar-refractivity contribution in [3.8, 4) is 0 Å². The van der Waals surface area contributed by atoms with Gasteiger partial charge in [0.1, 0.15) is 0 Å². The molecule has 0 radical (unpaired) electrons. The third kappa shape index (κ3) is 4.01. The summed E-state index contributed by atoms with van der Waals surface area (Å²) >= 11 is 0.235. The van der Waals surface area contributed by atoms with E-state index in [0.717, 1.165) is 0 Å². The summed E-state index contributed by atoms with van der Waals surface area (Å²) in [6.45, 7) is 1.41. The van der Waals surface area contributed by atoms with Crippen molar-refractivity contribution < 1.29 is 8.56 Å². The SMILES string of the molecule is CC(=O)[O][GeH3]. The average molecular weight is 135 g/mol. The number of carbonyl (C=O) groups excluding carboxylic acids is 1. The first-order chi connectivity index (χ1) is 2.27. The van der Waals surface area contributed by atoms with E-state index < -0.39 is 0 Å². The Kier molecular flexibility index (Phi) is 2.27. The predicted molar refractivity (Wildman–Crippen MR) is 21.7 cm³/mol. The van der Waals surface area contributed by atoms with Crippen molar-refractivity contribution >= 4 is 22.8 Å². The van der Waals surface area contributed by atoms with E-state index in [1.807, 2.05) is 0 Å². The van der Waals surface area contributed by atoms with Crippen LogP contribution in [0.5, 0.6) is 0 Å². The van der Waals surface area contributed by atoms with Crippen LogP contribution in [0.25, 0.3) is 0 Å². The molecule has 0 saturated carbocycles. The fraction of sp³-hybridized carbons (Fsp3) is 0.500. The van der Waals surface area contributed by atoms with E-state index in [-0.39, 0.29) is 22.8 Å². The fourth-order valence-corrected chi connectivity index (χ4v) is 0. The van der Waals surface area contributed by atoms with Crippen molar-refractivity contribution in [2.24, 2.45) is 0 Å². The quantitative estimate of drug-likeness (QED) is 0.391. The Balaban J connectivity index is 2.85. The van der Waals surface area contributed by atoms with Crippen molar-refractivity contribution in [3.63, 3.8) is 0 Å². The van der Waals surface area contributed by atoms with Gasteiger partial charge in [-0.25, -0.2) is 0 Å². The molecule has 5 heavy (non-hydrogen) atoms. The van der Waals surface area contributed by atoms with Gasteiger partial charge in [-0.3, -0.25) is 0 Å². The molecule has 0 aromatic carbocycles. The van der Waals surface area contributed by atoms with Gasteiger partial charge in [0.2, 0.25) is 0 Å². The van der Waals surface area contributed by atoms with Crippen molar-refractivity contribution in [2.45, 2.75) is 6.92 Å². The van der Waals surface area contributed by atoms with Crippen molar-refractivity contribution in [2.75, 3.05) is 0 Å². The van der Waals surface area contributed by atoms with E-state index in [1.54, 1.807) is 0 Å². The van der Waals surface area contributed by atoms with Gasteiger partial charge in [0.05, 0.1) is 0 Å². The summed E-state index contributed by atoms with van der Waals surface area (Å²) < 4.78 is 4.30. The van der Waals surface area contributed by atoms with Gasteiger partial charge in [-0.05, 0) is 0 Å². The van der Waals surface area contributed by atoms with Crippen LogP contribution in [0.4, 0.5) is 0 Å². The summed E-state index contributed by atoms with van der Waals surface area (Å²) in [7, 11) is 0. The molecule has 0 aliphatic heterocycles. The summed E-state index contributed by atoms with van der Waals surface area (Å²) in [5.41, 5.74) is 0. The molecule has 2 nitrogen and oxygen atoms in total. The average Bonchev–Trinajstić information content (AvgIpc) is 1.38. The van der Waals surface area contributed by atoms with Crippen LogP contribution in [0.1, 0.15) is 6.92 Å². The van der Waals surface area contributed by atoms with Gasteiger partial charge in [0.25, 0.3) is 0 Å². The molecule has 30 valence electrons. The molecule has 0 heterocycles. The molecule has 0 N–H and O–H groups in total. The fourth-order valence-electron chi connectivity index (χ4n) is 0. The van der Waals surface area contributed by atoms with Crippen LogP contribution in [0.3, 0.4) is 0 Å². The van der Waals surface area contributed by atoms with E-state index in [9.17, 15) is 4.79 Å². The Morgan fingerprint density at radius 2 is 2.20 bits per heavy atom. The Labute approximate surface area is 39.1 Å². The van der Waals surface area contributed by atoms with Gasteiger partial charge in [-0.15, -0.1) is 0 Å². The van der Waals surface area contributed by atoms with E-state index in [2.05, 4.69) is 3.76 Å². The van der Waals surface area contributed by atoms with Gasteiger partial charge in [0.15, 0.2) is 0 Å². The van der Waals surface area contributed by atoms with Gasteiger partial charge < -0.3 is 0 Å². The second kappa shape index (κ2) is 2.26. The molecule has 3 heteroatoms. The minimum atomic E-state index is -0.162. The van der Waals surface area contributed by atoms with Crippen molar-refractivity contribution in [1.82, 2.24) is 0 Å². The first-order valence-corrected chi connectivity index (χ1v) is 3.03. The van der Waals surface area contributed by atoms with E-state index in [1.165, 1.54) is 6.92 Å². The van der Waals surface area contributed by atoms with Crippen LogP contribution in [0.2, 0.25) is 0 Å². The molecule has 0 fully saturated rings. The Hall–Kier alpha value is 0.0129. The topological polar surface area (TPSA) is 26.3 Å². The van der Waals surface area contributed by atoms with Gasteiger partial charge >= 0.3 is 38.3 Å². The molecular weight excluding hydrogens is 129 g/mol. The number of hydrogen-bond donors (Lipinski definition) is 0. The van der Waals surface area contributed by atoms with Crippen LogP contribution < -0.4 is 0 Å². The van der Waals surface area contributed by atoms with Gasteiger partial charge in [-0.2, -0.15) is 0 Å². The minimum absolute atomic E-state index is 0.162. The summed E-state index contributed by atoms with van der Waals surface area (Å²) in [6.07, 6.45) is 0.